The van der Waals surface area contributed by atoms with Crippen LogP contribution in [-0.2, 0) is 22.3 Å². The number of nitrogen functional groups attached to an aromatic ring is 1. The molecule has 0 aromatic carbocycles. The van der Waals surface area contributed by atoms with E-state index in [1.807, 2.05) is 11.8 Å². The molecule has 12 heteroatoms. The third-order valence-corrected chi connectivity index (χ3v) is 8.03. The number of amides is 1. The molecular formula is C25H32FN7O3S. The molecule has 0 bridgehead atoms. The molecular weight excluding hydrogens is 497 g/mol. The summed E-state index contributed by atoms with van der Waals surface area (Å²) in [7, 11) is 1.63. The van der Waals surface area contributed by atoms with E-state index in [9.17, 15) is 4.79 Å². The Morgan fingerprint density at radius 3 is 2.97 bits per heavy atom. The van der Waals surface area contributed by atoms with Crippen LogP contribution in [0.3, 0.4) is 0 Å². The fraction of sp³-hybridized carbons (Fsp3) is 0.520. The summed E-state index contributed by atoms with van der Waals surface area (Å²) in [5, 5.41) is 3.69. The van der Waals surface area contributed by atoms with Gasteiger partial charge in [0.1, 0.15) is 27.2 Å². The number of carbonyl (C=O) groups excluding carboxylic acids is 1. The zero-order valence-electron chi connectivity index (χ0n) is 21.2. The molecule has 3 aromatic heterocycles. The molecule has 1 aliphatic heterocycles. The molecule has 1 aliphatic carbocycles. The number of hydrogen-bond donors (Lipinski definition) is 3. The van der Waals surface area contributed by atoms with Crippen LogP contribution in [0.1, 0.15) is 40.1 Å². The van der Waals surface area contributed by atoms with Crippen LogP contribution in [0.2, 0.25) is 0 Å². The number of nitrogens with zero attached hydrogens (tertiary/aromatic N) is 4. The number of hydrogen-bond acceptors (Lipinski definition) is 10. The van der Waals surface area contributed by atoms with Gasteiger partial charge < -0.3 is 31.2 Å². The number of thiophene rings is 1. The monoisotopic (exact) mass is 529 g/mol. The SMILES string of the molecule is COCC(C)OC1CN(c2cc(F)c3c(n2)CCC(NC(=O)c2sc4nc(C)ncc4c2N)C3)CC1N. The van der Waals surface area contributed by atoms with Gasteiger partial charge in [0.05, 0.1) is 35.9 Å². The van der Waals surface area contributed by atoms with E-state index in [1.165, 1.54) is 17.4 Å². The summed E-state index contributed by atoms with van der Waals surface area (Å²) in [6, 6.07) is 1.04. The molecule has 4 atom stereocenters. The lowest BCUT2D eigenvalue weighted by atomic mass is 9.91. The molecule has 1 amide bonds. The Morgan fingerprint density at radius 1 is 1.38 bits per heavy atom. The van der Waals surface area contributed by atoms with E-state index >= 15 is 4.39 Å². The van der Waals surface area contributed by atoms with Gasteiger partial charge in [-0.2, -0.15) is 0 Å². The van der Waals surface area contributed by atoms with E-state index in [1.54, 1.807) is 20.2 Å². The first-order chi connectivity index (χ1) is 17.7. The lowest BCUT2D eigenvalue weighted by Gasteiger charge is -2.27. The van der Waals surface area contributed by atoms with Crippen molar-refractivity contribution in [3.8, 4) is 0 Å². The minimum Gasteiger partial charge on any atom is -0.397 e. The standard InChI is InChI=1S/C25H32FN7O3S/c1-12(11-35-3)36-20-10-33(9-18(20)27)21-7-17(26)15-6-14(4-5-19(15)32-21)31-24(34)23-22(28)16-8-29-13(2)30-25(16)37-23/h7-8,12,14,18,20H,4-6,9-11,27-28H2,1-3H3,(H,31,34). The van der Waals surface area contributed by atoms with E-state index in [0.29, 0.717) is 76.9 Å². The van der Waals surface area contributed by atoms with Gasteiger partial charge in [-0.3, -0.25) is 4.79 Å². The number of ether oxygens (including phenoxy) is 2. The lowest BCUT2D eigenvalue weighted by Crippen LogP contribution is -2.39. The summed E-state index contributed by atoms with van der Waals surface area (Å²) in [5.74, 6) is 0.578. The van der Waals surface area contributed by atoms with Gasteiger partial charge in [-0.15, -0.1) is 11.3 Å². The minimum absolute atomic E-state index is 0.0821. The molecule has 4 unspecified atom stereocenters. The highest BCUT2D eigenvalue weighted by Crippen LogP contribution is 2.33. The summed E-state index contributed by atoms with van der Waals surface area (Å²) in [6.07, 6.45) is 2.95. The van der Waals surface area contributed by atoms with Crippen LogP contribution < -0.4 is 21.7 Å². The van der Waals surface area contributed by atoms with Gasteiger partial charge in [0.15, 0.2) is 0 Å². The quantitative estimate of drug-likeness (QED) is 0.419. The molecule has 0 spiro atoms. The second kappa shape index (κ2) is 10.4. The smallest absolute Gasteiger partial charge is 0.263 e. The summed E-state index contributed by atoms with van der Waals surface area (Å²) in [6.45, 7) is 5.29. The summed E-state index contributed by atoms with van der Waals surface area (Å²) < 4.78 is 26.4. The van der Waals surface area contributed by atoms with E-state index in [0.717, 1.165) is 5.69 Å². The number of methoxy groups -OCH3 is 1. The zero-order valence-corrected chi connectivity index (χ0v) is 22.0. The number of halogens is 1. The lowest BCUT2D eigenvalue weighted by molar-refractivity contribution is -0.0348. The molecule has 2 aliphatic rings. The van der Waals surface area contributed by atoms with Gasteiger partial charge in [-0.25, -0.2) is 19.3 Å². The molecule has 3 aromatic rings. The second-order valence-corrected chi connectivity index (χ2v) is 10.8. The van der Waals surface area contributed by atoms with Gasteiger partial charge in [0.25, 0.3) is 5.91 Å². The number of aryl methyl sites for hydroxylation is 2. The highest BCUT2D eigenvalue weighted by Gasteiger charge is 2.34. The molecule has 0 radical (unpaired) electrons. The van der Waals surface area contributed by atoms with Crippen molar-refractivity contribution in [3.63, 3.8) is 0 Å². The third-order valence-electron chi connectivity index (χ3n) is 6.91. The fourth-order valence-corrected chi connectivity index (χ4v) is 6.07. The molecule has 10 nitrogen and oxygen atoms in total. The Balaban J connectivity index is 1.26. The van der Waals surface area contributed by atoms with E-state index in [-0.39, 0.29) is 36.0 Å². The summed E-state index contributed by atoms with van der Waals surface area (Å²) in [5.41, 5.74) is 14.1. The van der Waals surface area contributed by atoms with E-state index in [4.69, 9.17) is 25.9 Å². The van der Waals surface area contributed by atoms with Gasteiger partial charge in [-0.05, 0) is 33.1 Å². The van der Waals surface area contributed by atoms with Crippen molar-refractivity contribution in [1.82, 2.24) is 20.3 Å². The highest BCUT2D eigenvalue weighted by atomic mass is 32.1. The third kappa shape index (κ3) is 5.24. The minimum atomic E-state index is -0.322. The fourth-order valence-electron chi connectivity index (χ4n) is 5.05. The zero-order chi connectivity index (χ0) is 26.3. The number of fused-ring (bicyclic) bond motifs is 2. The first-order valence-electron chi connectivity index (χ1n) is 12.4. The van der Waals surface area contributed by atoms with E-state index in [2.05, 4.69) is 15.3 Å². The van der Waals surface area contributed by atoms with Crippen molar-refractivity contribution in [2.45, 2.75) is 57.4 Å². The Morgan fingerprint density at radius 2 is 2.19 bits per heavy atom. The maximum atomic E-state index is 15.3. The van der Waals surface area contributed by atoms with Crippen molar-refractivity contribution in [2.75, 3.05) is 37.4 Å². The van der Waals surface area contributed by atoms with Crippen molar-refractivity contribution in [3.05, 3.63) is 40.0 Å². The Hall–Kier alpha value is -2.93. The predicted octanol–water partition coefficient (Wildman–Crippen LogP) is 1.97. The van der Waals surface area contributed by atoms with Crippen LogP contribution in [0.4, 0.5) is 15.9 Å². The molecule has 198 valence electrons. The van der Waals surface area contributed by atoms with Gasteiger partial charge >= 0.3 is 0 Å². The van der Waals surface area contributed by atoms with Gasteiger partial charge in [-0.1, -0.05) is 0 Å². The average molecular weight is 530 g/mol. The Labute approximate surface area is 218 Å². The van der Waals surface area contributed by atoms with Crippen molar-refractivity contribution < 1.29 is 18.7 Å². The first kappa shape index (κ1) is 25.7. The molecule has 1 fully saturated rings. The summed E-state index contributed by atoms with van der Waals surface area (Å²) in [4.78, 5) is 29.4. The number of carbonyl (C=O) groups is 1. The highest BCUT2D eigenvalue weighted by molar-refractivity contribution is 7.21. The number of nitrogens with one attached hydrogen (secondary N) is 1. The van der Waals surface area contributed by atoms with Crippen LogP contribution in [0.25, 0.3) is 10.2 Å². The Kier molecular flexibility index (Phi) is 7.26. The van der Waals surface area contributed by atoms with Crippen molar-refractivity contribution >= 4 is 39.0 Å². The number of anilines is 2. The van der Waals surface area contributed by atoms with Crippen LogP contribution in [0, 0.1) is 12.7 Å². The van der Waals surface area contributed by atoms with Crippen molar-refractivity contribution in [1.29, 1.82) is 0 Å². The summed E-state index contributed by atoms with van der Waals surface area (Å²) >= 11 is 1.24. The first-order valence-corrected chi connectivity index (χ1v) is 13.2. The number of aromatic nitrogens is 3. The molecule has 1 saturated heterocycles. The molecule has 5 rings (SSSR count). The second-order valence-electron chi connectivity index (χ2n) is 9.79. The number of pyridine rings is 1. The molecule has 5 N–H and O–H groups in total. The predicted molar refractivity (Wildman–Crippen MR) is 140 cm³/mol. The topological polar surface area (TPSA) is 142 Å². The maximum absolute atomic E-state index is 15.3. The van der Waals surface area contributed by atoms with E-state index < -0.39 is 0 Å². The van der Waals surface area contributed by atoms with Crippen molar-refractivity contribution in [2.24, 2.45) is 5.73 Å². The average Bonchev–Trinajstić information content (AvgIpc) is 3.38. The maximum Gasteiger partial charge on any atom is 0.263 e. The molecule has 0 saturated carbocycles. The number of rotatable bonds is 7. The Bertz CT molecular complexity index is 1320. The van der Waals surface area contributed by atoms with Crippen LogP contribution in [0.15, 0.2) is 12.3 Å². The largest absolute Gasteiger partial charge is 0.397 e. The molecule has 4 heterocycles. The number of nitrogens with two attached hydrogens (primary N) is 2. The molecule has 37 heavy (non-hydrogen) atoms. The van der Waals surface area contributed by atoms with Crippen LogP contribution >= 0.6 is 11.3 Å². The van der Waals surface area contributed by atoms with Gasteiger partial charge in [0, 0.05) is 49.8 Å². The van der Waals surface area contributed by atoms with Crippen LogP contribution in [-0.4, -0.2) is 72.0 Å². The van der Waals surface area contributed by atoms with Gasteiger partial charge in [0.2, 0.25) is 0 Å². The normalized spacial score (nSPS) is 22.3. The van der Waals surface area contributed by atoms with Crippen LogP contribution in [0.5, 0.6) is 0 Å².